The highest BCUT2D eigenvalue weighted by Crippen LogP contribution is 2.20. The van der Waals surface area contributed by atoms with Crippen LogP contribution in [0.3, 0.4) is 0 Å². The molecule has 0 amide bonds. The summed E-state index contributed by atoms with van der Waals surface area (Å²) in [6, 6.07) is 1.22. The maximum atomic E-state index is 4.52. The standard InChI is InChI=1S/C13H23N2/c1-3-7-12(8-4-1)14-11-15-13-9-5-2-6-10-13/h12-13H,1-10H2,(H,14,15)/q-1. The van der Waals surface area contributed by atoms with Crippen molar-refractivity contribution in [2.45, 2.75) is 76.3 Å². The van der Waals surface area contributed by atoms with E-state index in [9.17, 15) is 0 Å². The smallest absolute Gasteiger partial charge is 0.0129 e. The van der Waals surface area contributed by atoms with Crippen LogP contribution in [-0.2, 0) is 0 Å². The minimum Gasteiger partial charge on any atom is -0.548 e. The van der Waals surface area contributed by atoms with Gasteiger partial charge in [-0.15, -0.1) is 0 Å². The minimum atomic E-state index is 0.565. The second-order valence-electron chi connectivity index (χ2n) is 5.01. The average Bonchev–Trinajstić information content (AvgIpc) is 2.32. The van der Waals surface area contributed by atoms with Gasteiger partial charge in [0, 0.05) is 6.04 Å². The first-order valence-electron chi connectivity index (χ1n) is 6.65. The topological polar surface area (TPSA) is 24.4 Å². The van der Waals surface area contributed by atoms with E-state index < -0.39 is 0 Å². The summed E-state index contributed by atoms with van der Waals surface area (Å²) in [6.45, 7) is 0. The summed E-state index contributed by atoms with van der Waals surface area (Å²) in [4.78, 5) is 4.52. The zero-order valence-electron chi connectivity index (χ0n) is 9.67. The van der Waals surface area contributed by atoms with E-state index in [0.717, 1.165) is 0 Å². The van der Waals surface area contributed by atoms with Crippen LogP contribution in [0.15, 0.2) is 4.99 Å². The van der Waals surface area contributed by atoms with E-state index in [4.69, 9.17) is 0 Å². The van der Waals surface area contributed by atoms with E-state index in [1.807, 2.05) is 0 Å². The van der Waals surface area contributed by atoms with Gasteiger partial charge in [-0.25, -0.2) is 0 Å². The van der Waals surface area contributed by atoms with Gasteiger partial charge in [0.05, 0.1) is 0 Å². The summed E-state index contributed by atoms with van der Waals surface area (Å²) in [7, 11) is 0. The van der Waals surface area contributed by atoms with Gasteiger partial charge >= 0.3 is 0 Å². The molecule has 2 aliphatic carbocycles. The molecule has 0 aromatic carbocycles. The molecule has 0 saturated heterocycles. The lowest BCUT2D eigenvalue weighted by Gasteiger charge is -2.29. The summed E-state index contributed by atoms with van der Waals surface area (Å²) >= 11 is 0. The van der Waals surface area contributed by atoms with Crippen LogP contribution in [0, 0.1) is 0 Å². The third-order valence-electron chi connectivity index (χ3n) is 3.70. The Morgan fingerprint density at radius 1 is 0.800 bits per heavy atom. The average molecular weight is 207 g/mol. The summed E-state index contributed by atoms with van der Waals surface area (Å²) in [5.74, 6) is 0. The van der Waals surface area contributed by atoms with Gasteiger partial charge in [0.2, 0.25) is 0 Å². The van der Waals surface area contributed by atoms with Gasteiger partial charge in [0.25, 0.3) is 0 Å². The van der Waals surface area contributed by atoms with Crippen molar-refractivity contribution in [2.24, 2.45) is 4.99 Å². The number of nitrogens with zero attached hydrogens (tertiary/aromatic N) is 1. The quantitative estimate of drug-likeness (QED) is 0.327. The molecule has 0 aromatic heterocycles. The van der Waals surface area contributed by atoms with E-state index in [-0.39, 0.29) is 0 Å². The van der Waals surface area contributed by atoms with E-state index in [1.165, 1.54) is 64.2 Å². The highest BCUT2D eigenvalue weighted by molar-refractivity contribution is 5.55. The first-order valence-corrected chi connectivity index (χ1v) is 6.65. The van der Waals surface area contributed by atoms with Crippen molar-refractivity contribution in [3.63, 3.8) is 0 Å². The van der Waals surface area contributed by atoms with Gasteiger partial charge in [-0.1, -0.05) is 38.5 Å². The molecular weight excluding hydrogens is 184 g/mol. The number of nitrogens with one attached hydrogen (secondary N) is 1. The lowest BCUT2D eigenvalue weighted by molar-refractivity contribution is 0.412. The largest absolute Gasteiger partial charge is 0.548 e. The van der Waals surface area contributed by atoms with Gasteiger partial charge in [0.15, 0.2) is 0 Å². The number of hydrogen-bond donors (Lipinski definition) is 1. The Hall–Kier alpha value is -0.530. The van der Waals surface area contributed by atoms with E-state index in [1.54, 1.807) is 0 Å². The Bertz CT molecular complexity index is 189. The van der Waals surface area contributed by atoms with Crippen LogP contribution in [0.1, 0.15) is 64.2 Å². The molecule has 2 aliphatic rings. The molecule has 0 spiro atoms. The van der Waals surface area contributed by atoms with Crippen LogP contribution in [0.5, 0.6) is 0 Å². The predicted octanol–water partition coefficient (Wildman–Crippen LogP) is 3.15. The molecular formula is C13H23N2-. The summed E-state index contributed by atoms with van der Waals surface area (Å²) in [5, 5.41) is 3.35. The Morgan fingerprint density at radius 3 is 2.07 bits per heavy atom. The molecule has 2 rings (SSSR count). The molecule has 0 aromatic rings. The highest BCUT2D eigenvalue weighted by atomic mass is 15.0. The van der Waals surface area contributed by atoms with Crippen molar-refractivity contribution in [1.82, 2.24) is 5.32 Å². The molecule has 0 atom stereocenters. The molecule has 0 aliphatic heterocycles. The first kappa shape index (κ1) is 11.0. The van der Waals surface area contributed by atoms with Crippen molar-refractivity contribution in [2.75, 3.05) is 0 Å². The fourth-order valence-electron chi connectivity index (χ4n) is 2.68. The Balaban J connectivity index is 1.64. The van der Waals surface area contributed by atoms with Crippen LogP contribution >= 0.6 is 0 Å². The number of aliphatic imine (C=N–C) groups is 1. The van der Waals surface area contributed by atoms with Crippen LogP contribution in [0.4, 0.5) is 0 Å². The molecule has 0 radical (unpaired) electrons. The Labute approximate surface area is 93.6 Å². The van der Waals surface area contributed by atoms with Gasteiger partial charge in [-0.3, -0.25) is 0 Å². The molecule has 2 nitrogen and oxygen atoms in total. The van der Waals surface area contributed by atoms with Gasteiger partial charge in [-0.05, 0) is 31.7 Å². The zero-order chi connectivity index (χ0) is 10.3. The lowest BCUT2D eigenvalue weighted by atomic mass is 9.95. The third kappa shape index (κ3) is 3.84. The molecule has 0 heterocycles. The van der Waals surface area contributed by atoms with E-state index >= 15 is 0 Å². The SMILES string of the molecule is [C-](=NC1CCCCC1)NC1CCCCC1. The molecule has 0 bridgehead atoms. The fourth-order valence-corrected chi connectivity index (χ4v) is 2.68. The van der Waals surface area contributed by atoms with Crippen molar-refractivity contribution in [1.29, 1.82) is 0 Å². The lowest BCUT2D eigenvalue weighted by Crippen LogP contribution is -2.30. The molecule has 2 fully saturated rings. The van der Waals surface area contributed by atoms with Crippen LogP contribution in [-0.4, -0.2) is 18.4 Å². The monoisotopic (exact) mass is 207 g/mol. The Morgan fingerprint density at radius 2 is 1.40 bits per heavy atom. The number of hydrogen-bond acceptors (Lipinski definition) is 1. The number of rotatable bonds is 3. The van der Waals surface area contributed by atoms with Crippen LogP contribution in [0.25, 0.3) is 0 Å². The molecule has 0 unspecified atom stereocenters. The normalized spacial score (nSPS) is 25.9. The van der Waals surface area contributed by atoms with Crippen molar-refractivity contribution < 1.29 is 0 Å². The van der Waals surface area contributed by atoms with Crippen LogP contribution < -0.4 is 5.32 Å². The van der Waals surface area contributed by atoms with Crippen molar-refractivity contribution in [3.8, 4) is 0 Å². The molecule has 2 saturated carbocycles. The Kier molecular flexibility index (Phi) is 4.49. The zero-order valence-corrected chi connectivity index (χ0v) is 9.67. The summed E-state index contributed by atoms with van der Waals surface area (Å²) < 4.78 is 0. The summed E-state index contributed by atoms with van der Waals surface area (Å²) in [5.41, 5.74) is 0. The minimum absolute atomic E-state index is 0.565. The fraction of sp³-hybridized carbons (Fsp3) is 0.923. The van der Waals surface area contributed by atoms with Crippen molar-refractivity contribution >= 4 is 6.34 Å². The second kappa shape index (κ2) is 6.14. The maximum absolute atomic E-state index is 4.52. The molecule has 1 N–H and O–H groups in total. The van der Waals surface area contributed by atoms with Crippen LogP contribution in [0.2, 0.25) is 0 Å². The van der Waals surface area contributed by atoms with Gasteiger partial charge in [0.1, 0.15) is 0 Å². The maximum Gasteiger partial charge on any atom is 0.0129 e. The summed E-state index contributed by atoms with van der Waals surface area (Å²) in [6.07, 6.45) is 16.6. The van der Waals surface area contributed by atoms with Gasteiger partial charge < -0.3 is 16.6 Å². The van der Waals surface area contributed by atoms with Crippen molar-refractivity contribution in [3.05, 3.63) is 0 Å². The highest BCUT2D eigenvalue weighted by Gasteiger charge is 2.09. The third-order valence-corrected chi connectivity index (χ3v) is 3.70. The molecule has 2 heteroatoms. The predicted molar refractivity (Wildman–Crippen MR) is 64.3 cm³/mol. The van der Waals surface area contributed by atoms with E-state index in [0.29, 0.717) is 12.1 Å². The van der Waals surface area contributed by atoms with Gasteiger partial charge in [-0.2, -0.15) is 0 Å². The first-order chi connectivity index (χ1) is 7.45. The molecule has 86 valence electrons. The molecule has 15 heavy (non-hydrogen) atoms. The second-order valence-corrected chi connectivity index (χ2v) is 5.01. The van der Waals surface area contributed by atoms with E-state index in [2.05, 4.69) is 16.6 Å².